The molecule has 1 amide bonds. The number of carbonyl (C=O) groups excluding carboxylic acids is 1. The summed E-state index contributed by atoms with van der Waals surface area (Å²) in [5.41, 5.74) is 0. The van der Waals surface area contributed by atoms with E-state index >= 15 is 0 Å². The lowest BCUT2D eigenvalue weighted by Gasteiger charge is -2.40. The second-order valence-electron chi connectivity index (χ2n) is 18.5. The maximum absolute atomic E-state index is 13.0. The minimum Gasteiger partial charge on any atom is -0.394 e. The highest BCUT2D eigenvalue weighted by molar-refractivity contribution is 5.76. The third-order valence-corrected chi connectivity index (χ3v) is 12.8. The summed E-state index contributed by atoms with van der Waals surface area (Å²) in [6.07, 6.45) is 35.5. The SMILES string of the molecule is CCCCCCCCCCCCCCCCCCCCCCCCCC(=O)N[C@@H](CO[C@H]1O[C@H](CO)[C@H](O)[C@H](O)[C@H]1O)[C@H](O)[C@H](O)CCCCCCCCCCCCCC. The van der Waals surface area contributed by atoms with Crippen molar-refractivity contribution in [3.63, 3.8) is 0 Å². The van der Waals surface area contributed by atoms with Gasteiger partial charge in [0.05, 0.1) is 25.4 Å². The van der Waals surface area contributed by atoms with Crippen molar-refractivity contribution in [2.75, 3.05) is 13.2 Å². The van der Waals surface area contributed by atoms with Crippen molar-refractivity contribution in [2.24, 2.45) is 0 Å². The lowest BCUT2D eigenvalue weighted by molar-refractivity contribution is -0.303. The molecule has 358 valence electrons. The van der Waals surface area contributed by atoms with Gasteiger partial charge in [-0.25, -0.2) is 0 Å². The molecule has 0 aromatic heterocycles. The summed E-state index contributed by atoms with van der Waals surface area (Å²) < 4.78 is 11.2. The number of nitrogens with one attached hydrogen (secondary N) is 1. The molecule has 10 nitrogen and oxygen atoms in total. The van der Waals surface area contributed by atoms with E-state index in [0.29, 0.717) is 6.42 Å². The maximum Gasteiger partial charge on any atom is 0.220 e. The van der Waals surface area contributed by atoms with Crippen LogP contribution in [0.4, 0.5) is 0 Å². The highest BCUT2D eigenvalue weighted by atomic mass is 16.7. The van der Waals surface area contributed by atoms with E-state index in [0.717, 1.165) is 38.5 Å². The Morgan fingerprint density at radius 2 is 0.867 bits per heavy atom. The molecule has 10 heteroatoms. The van der Waals surface area contributed by atoms with Gasteiger partial charge in [0.2, 0.25) is 5.91 Å². The molecule has 1 aliphatic rings. The summed E-state index contributed by atoms with van der Waals surface area (Å²) >= 11 is 0. The first-order valence-corrected chi connectivity index (χ1v) is 25.8. The van der Waals surface area contributed by atoms with E-state index in [2.05, 4.69) is 19.2 Å². The zero-order valence-electron chi connectivity index (χ0n) is 39.1. The first-order valence-electron chi connectivity index (χ1n) is 25.8. The van der Waals surface area contributed by atoms with Gasteiger partial charge in [-0.05, 0) is 12.8 Å². The molecule has 0 spiro atoms. The van der Waals surface area contributed by atoms with Gasteiger partial charge in [0.1, 0.15) is 30.5 Å². The number of rotatable bonds is 44. The maximum atomic E-state index is 13.0. The van der Waals surface area contributed by atoms with Crippen LogP contribution in [0.5, 0.6) is 0 Å². The van der Waals surface area contributed by atoms with Crippen LogP contribution in [0, 0.1) is 0 Å². The fourth-order valence-electron chi connectivity index (χ4n) is 8.61. The Labute approximate surface area is 368 Å². The Bertz CT molecular complexity index is 926. The van der Waals surface area contributed by atoms with E-state index in [4.69, 9.17) is 9.47 Å². The van der Waals surface area contributed by atoms with Crippen LogP contribution in [0.1, 0.15) is 251 Å². The molecular formula is C50H99NO9. The molecule has 1 aliphatic heterocycles. The minimum absolute atomic E-state index is 0.252. The average Bonchev–Trinajstić information content (AvgIpc) is 3.25. The normalized spacial score (nSPS) is 21.0. The monoisotopic (exact) mass is 858 g/mol. The number of aliphatic hydroxyl groups is 6. The van der Waals surface area contributed by atoms with Crippen LogP contribution in [0.15, 0.2) is 0 Å². The predicted octanol–water partition coefficient (Wildman–Crippen LogP) is 10.5. The summed E-state index contributed by atoms with van der Waals surface area (Å²) in [4.78, 5) is 13.0. The molecule has 0 aliphatic carbocycles. The Balaban J connectivity index is 2.26. The topological polar surface area (TPSA) is 169 Å². The van der Waals surface area contributed by atoms with Crippen molar-refractivity contribution < 1.29 is 44.9 Å². The summed E-state index contributed by atoms with van der Waals surface area (Å²) in [5.74, 6) is -0.252. The lowest BCUT2D eigenvalue weighted by atomic mass is 9.98. The summed E-state index contributed by atoms with van der Waals surface area (Å²) in [5, 5.41) is 65.3. The molecule has 0 aromatic carbocycles. The number of amides is 1. The molecule has 1 saturated heterocycles. The van der Waals surface area contributed by atoms with Crippen molar-refractivity contribution in [1.82, 2.24) is 5.32 Å². The zero-order valence-corrected chi connectivity index (χ0v) is 39.1. The number of hydrogen-bond acceptors (Lipinski definition) is 9. The third kappa shape index (κ3) is 30.3. The number of ether oxygens (including phenoxy) is 2. The van der Waals surface area contributed by atoms with Gasteiger partial charge in [0.15, 0.2) is 6.29 Å². The van der Waals surface area contributed by atoms with Crippen molar-refractivity contribution in [3.8, 4) is 0 Å². The minimum atomic E-state index is -1.60. The molecule has 0 radical (unpaired) electrons. The Morgan fingerprint density at radius 3 is 1.23 bits per heavy atom. The van der Waals surface area contributed by atoms with Gasteiger partial charge in [-0.3, -0.25) is 4.79 Å². The highest BCUT2D eigenvalue weighted by Crippen LogP contribution is 2.23. The third-order valence-electron chi connectivity index (χ3n) is 12.8. The fourth-order valence-corrected chi connectivity index (χ4v) is 8.61. The second kappa shape index (κ2) is 40.9. The van der Waals surface area contributed by atoms with Gasteiger partial charge in [-0.15, -0.1) is 0 Å². The molecule has 1 rings (SSSR count). The van der Waals surface area contributed by atoms with Crippen LogP contribution in [0.25, 0.3) is 0 Å². The average molecular weight is 858 g/mol. The summed E-state index contributed by atoms with van der Waals surface area (Å²) in [7, 11) is 0. The highest BCUT2D eigenvalue weighted by Gasteiger charge is 2.44. The molecule has 1 fully saturated rings. The van der Waals surface area contributed by atoms with Crippen LogP contribution in [0.2, 0.25) is 0 Å². The quantitative estimate of drug-likeness (QED) is 0.0295. The number of aliphatic hydroxyl groups excluding tert-OH is 6. The van der Waals surface area contributed by atoms with E-state index in [1.807, 2.05) is 0 Å². The molecule has 1 heterocycles. The van der Waals surface area contributed by atoms with Crippen molar-refractivity contribution in [1.29, 1.82) is 0 Å². The smallest absolute Gasteiger partial charge is 0.220 e. The van der Waals surface area contributed by atoms with E-state index in [-0.39, 0.29) is 18.9 Å². The first-order chi connectivity index (χ1) is 29.3. The van der Waals surface area contributed by atoms with Gasteiger partial charge in [0, 0.05) is 6.42 Å². The predicted molar refractivity (Wildman–Crippen MR) is 246 cm³/mol. The fraction of sp³-hybridized carbons (Fsp3) is 0.980. The van der Waals surface area contributed by atoms with E-state index < -0.39 is 55.6 Å². The number of hydrogen-bond donors (Lipinski definition) is 7. The van der Waals surface area contributed by atoms with E-state index in [1.165, 1.54) is 186 Å². The van der Waals surface area contributed by atoms with Crippen LogP contribution >= 0.6 is 0 Å². The molecule has 8 atom stereocenters. The van der Waals surface area contributed by atoms with Crippen molar-refractivity contribution in [3.05, 3.63) is 0 Å². The Hall–Kier alpha value is -0.850. The van der Waals surface area contributed by atoms with Gasteiger partial charge in [-0.2, -0.15) is 0 Å². The molecule has 0 saturated carbocycles. The molecule has 7 N–H and O–H groups in total. The molecule has 0 aromatic rings. The summed E-state index contributed by atoms with van der Waals surface area (Å²) in [6, 6.07) is -0.985. The number of carbonyl (C=O) groups is 1. The van der Waals surface area contributed by atoms with Crippen LogP contribution in [-0.2, 0) is 14.3 Å². The first kappa shape index (κ1) is 57.2. The van der Waals surface area contributed by atoms with Crippen LogP contribution < -0.4 is 5.32 Å². The van der Waals surface area contributed by atoms with Crippen LogP contribution in [-0.4, -0.2) is 98.7 Å². The van der Waals surface area contributed by atoms with E-state index in [9.17, 15) is 35.4 Å². The molecular weight excluding hydrogens is 759 g/mol. The standard InChI is InChI=1S/C50H99NO9/c1-3-5-7-9-11-13-15-17-18-19-20-21-22-23-24-25-26-27-29-31-33-35-37-39-45(54)51-42(41-59-50-49(58)48(57)47(56)44(40-52)60-50)46(55)43(53)38-36-34-32-30-28-16-14-12-10-8-6-4-2/h42-44,46-50,52-53,55-58H,3-41H2,1-2H3,(H,51,54)/t42-,43+,44+,46-,47-,48-,49+,50-/m0/s1. The number of unbranched alkanes of at least 4 members (excludes halogenated alkanes) is 33. The van der Waals surface area contributed by atoms with E-state index in [1.54, 1.807) is 0 Å². The zero-order chi connectivity index (χ0) is 43.9. The van der Waals surface area contributed by atoms with Crippen molar-refractivity contribution in [2.45, 2.75) is 300 Å². The Kier molecular flexibility index (Phi) is 39.0. The lowest BCUT2D eigenvalue weighted by Crippen LogP contribution is -2.60. The van der Waals surface area contributed by atoms with Gasteiger partial charge < -0.3 is 45.4 Å². The van der Waals surface area contributed by atoms with Gasteiger partial charge in [-0.1, -0.05) is 232 Å². The molecule has 0 bridgehead atoms. The van der Waals surface area contributed by atoms with Crippen molar-refractivity contribution >= 4 is 5.91 Å². The van der Waals surface area contributed by atoms with Crippen LogP contribution in [0.3, 0.4) is 0 Å². The van der Waals surface area contributed by atoms with Gasteiger partial charge in [0.25, 0.3) is 0 Å². The largest absolute Gasteiger partial charge is 0.394 e. The second-order valence-corrected chi connectivity index (χ2v) is 18.5. The molecule has 0 unspecified atom stereocenters. The molecule has 60 heavy (non-hydrogen) atoms. The van der Waals surface area contributed by atoms with Gasteiger partial charge >= 0.3 is 0 Å². The summed E-state index contributed by atoms with van der Waals surface area (Å²) in [6.45, 7) is 3.63. The Morgan fingerprint density at radius 1 is 0.517 bits per heavy atom.